The number of rotatable bonds is 4. The molecule has 0 saturated carbocycles. The molecule has 0 spiro atoms. The molecule has 0 saturated heterocycles. The van der Waals surface area contributed by atoms with E-state index in [4.69, 9.17) is 13.9 Å². The van der Waals surface area contributed by atoms with Crippen LogP contribution in [-0.4, -0.2) is 38.8 Å². The van der Waals surface area contributed by atoms with Gasteiger partial charge in [-0.3, -0.25) is 10.1 Å². The fraction of sp³-hybridized carbons (Fsp3) is 0.469. The Labute approximate surface area is 266 Å². The molecule has 1 amide bonds. The van der Waals surface area contributed by atoms with E-state index >= 15 is 13.2 Å². The second-order valence-corrected chi connectivity index (χ2v) is 12.7. The largest absolute Gasteiger partial charge is 0.444 e. The van der Waals surface area contributed by atoms with E-state index < -0.39 is 88.3 Å². The SMILES string of the molecule is CC(C)(C)OC(=O)Nc1cc(C(F)(F)F)c2nc1-c1nnc(o1)C(OCc1ccccc1)(C(F)(F)F)CCC/C=C/CC(C)(C)C2=O. The Kier molecular flexibility index (Phi) is 9.91. The predicted octanol–water partition coefficient (Wildman–Crippen LogP) is 8.81. The van der Waals surface area contributed by atoms with Crippen LogP contribution in [0, 0.1) is 5.41 Å². The topological polar surface area (TPSA) is 116 Å². The standard InChI is InChI=1S/C32H34F6N4O5/c1-28(2,3)47-27(44)39-21-17-20(31(33,34)35)22-24(43)29(4,5)15-11-6-7-12-16-30(32(36,37)38,45-18-19-13-9-8-10-14-19)26-42-41-25(46-26)23(21)40-22/h6,8-11,13-14,17H,7,12,15-16,18H2,1-5H3,(H,39,44)/b11-6+. The first-order valence-corrected chi connectivity index (χ1v) is 14.6. The smallest absolute Gasteiger partial charge is 0.426 e. The van der Waals surface area contributed by atoms with Gasteiger partial charge in [-0.25, -0.2) is 9.78 Å². The number of allylic oxidation sites excluding steroid dienone is 2. The Morgan fingerprint density at radius 2 is 1.68 bits per heavy atom. The lowest BCUT2D eigenvalue weighted by molar-refractivity contribution is -0.299. The molecule has 1 N–H and O–H groups in total. The van der Waals surface area contributed by atoms with Gasteiger partial charge >= 0.3 is 18.4 Å². The molecule has 4 rings (SSSR count). The highest BCUT2D eigenvalue weighted by Crippen LogP contribution is 2.47. The molecule has 3 heterocycles. The number of ketones is 1. The normalized spacial score (nSPS) is 19.8. The number of pyridine rings is 1. The van der Waals surface area contributed by atoms with Gasteiger partial charge in [0.1, 0.15) is 11.3 Å². The Morgan fingerprint density at radius 3 is 2.30 bits per heavy atom. The van der Waals surface area contributed by atoms with Crippen molar-refractivity contribution in [1.82, 2.24) is 15.2 Å². The quantitative estimate of drug-likeness (QED) is 0.217. The van der Waals surface area contributed by atoms with Gasteiger partial charge in [-0.1, -0.05) is 56.3 Å². The summed E-state index contributed by atoms with van der Waals surface area (Å²) >= 11 is 0. The van der Waals surface area contributed by atoms with Gasteiger partial charge in [0.2, 0.25) is 5.60 Å². The van der Waals surface area contributed by atoms with Crippen molar-refractivity contribution in [2.45, 2.75) is 90.5 Å². The average Bonchev–Trinajstić information content (AvgIpc) is 3.44. The van der Waals surface area contributed by atoms with Gasteiger partial charge in [-0.05, 0) is 58.1 Å². The van der Waals surface area contributed by atoms with Gasteiger partial charge in [0.15, 0.2) is 11.5 Å². The van der Waals surface area contributed by atoms with Gasteiger partial charge < -0.3 is 13.9 Å². The van der Waals surface area contributed by atoms with Crippen LogP contribution >= 0.6 is 0 Å². The van der Waals surface area contributed by atoms with E-state index in [9.17, 15) is 22.8 Å². The second-order valence-electron chi connectivity index (χ2n) is 12.7. The third-order valence-corrected chi connectivity index (χ3v) is 7.25. The molecular formula is C32H34F6N4O5. The van der Waals surface area contributed by atoms with E-state index in [1.54, 1.807) is 36.4 Å². The van der Waals surface area contributed by atoms with Crippen LogP contribution < -0.4 is 5.32 Å². The van der Waals surface area contributed by atoms with Gasteiger partial charge in [0.25, 0.3) is 11.8 Å². The number of aromatic nitrogens is 3. The maximum Gasteiger partial charge on any atom is 0.426 e. The van der Waals surface area contributed by atoms with Crippen molar-refractivity contribution >= 4 is 17.6 Å². The number of alkyl halides is 6. The van der Waals surface area contributed by atoms with Crippen LogP contribution in [0.25, 0.3) is 11.6 Å². The molecule has 9 nitrogen and oxygen atoms in total. The van der Waals surface area contributed by atoms with Crippen LogP contribution in [0.1, 0.15) is 87.8 Å². The maximum atomic E-state index is 15.0. The number of carbonyl (C=O) groups excluding carboxylic acids is 2. The Morgan fingerprint density at radius 1 is 1.00 bits per heavy atom. The Balaban J connectivity index is 1.97. The number of amides is 1. The number of halogens is 6. The zero-order valence-electron chi connectivity index (χ0n) is 26.3. The van der Waals surface area contributed by atoms with Crippen LogP contribution in [0.15, 0.2) is 53.0 Å². The van der Waals surface area contributed by atoms with E-state index in [1.807, 2.05) is 0 Å². The monoisotopic (exact) mass is 668 g/mol. The lowest BCUT2D eigenvalue weighted by atomic mass is 9.81. The number of nitrogens with zero attached hydrogens (tertiary/aromatic N) is 3. The van der Waals surface area contributed by atoms with Crippen molar-refractivity contribution in [2.75, 3.05) is 5.32 Å². The van der Waals surface area contributed by atoms with Crippen molar-refractivity contribution in [3.05, 3.63) is 71.3 Å². The third-order valence-electron chi connectivity index (χ3n) is 7.25. The highest BCUT2D eigenvalue weighted by Gasteiger charge is 2.61. The number of carbonyl (C=O) groups is 2. The minimum absolute atomic E-state index is 0.0445. The number of fused-ring (bicyclic) bond motifs is 5. The molecule has 0 radical (unpaired) electrons. The van der Waals surface area contributed by atoms with Crippen molar-refractivity contribution < 1.29 is 49.8 Å². The molecule has 15 heteroatoms. The summed E-state index contributed by atoms with van der Waals surface area (Å²) in [5, 5.41) is 9.48. The summed E-state index contributed by atoms with van der Waals surface area (Å²) in [6.07, 6.45) is -9.04. The summed E-state index contributed by atoms with van der Waals surface area (Å²) < 4.78 is 105. The van der Waals surface area contributed by atoms with Crippen LogP contribution in [0.4, 0.5) is 36.8 Å². The molecular weight excluding hydrogens is 634 g/mol. The first-order valence-electron chi connectivity index (χ1n) is 14.6. The molecule has 1 aliphatic heterocycles. The maximum absolute atomic E-state index is 15.0. The molecule has 4 bridgehead atoms. The highest BCUT2D eigenvalue weighted by molar-refractivity contribution is 6.01. The van der Waals surface area contributed by atoms with Gasteiger partial charge in [0.05, 0.1) is 17.9 Å². The molecule has 1 unspecified atom stereocenters. The number of hydrogen-bond acceptors (Lipinski definition) is 8. The summed E-state index contributed by atoms with van der Waals surface area (Å²) in [6, 6.07) is 8.52. The van der Waals surface area contributed by atoms with E-state index in [1.165, 1.54) is 40.7 Å². The molecule has 1 aromatic carbocycles. The van der Waals surface area contributed by atoms with Crippen molar-refractivity contribution in [2.24, 2.45) is 5.41 Å². The molecule has 1 aliphatic rings. The molecule has 254 valence electrons. The molecule has 3 aromatic rings. The summed E-state index contributed by atoms with van der Waals surface area (Å²) in [5.74, 6) is -2.84. The zero-order valence-corrected chi connectivity index (χ0v) is 26.3. The highest BCUT2D eigenvalue weighted by atomic mass is 19.4. The van der Waals surface area contributed by atoms with Crippen LogP contribution in [-0.2, 0) is 27.9 Å². The van der Waals surface area contributed by atoms with E-state index in [0.29, 0.717) is 11.6 Å². The van der Waals surface area contributed by atoms with Crippen LogP contribution in [0.3, 0.4) is 0 Å². The predicted molar refractivity (Wildman–Crippen MR) is 157 cm³/mol. The summed E-state index contributed by atoms with van der Waals surface area (Å²) in [7, 11) is 0. The lowest BCUT2D eigenvalue weighted by Gasteiger charge is -2.32. The summed E-state index contributed by atoms with van der Waals surface area (Å²) in [6.45, 7) is 6.87. The van der Waals surface area contributed by atoms with Crippen LogP contribution in [0.2, 0.25) is 0 Å². The van der Waals surface area contributed by atoms with E-state index in [2.05, 4.69) is 20.5 Å². The number of ether oxygens (including phenoxy) is 2. The zero-order chi connectivity index (χ0) is 34.8. The minimum atomic E-state index is -5.13. The van der Waals surface area contributed by atoms with Crippen LogP contribution in [0.5, 0.6) is 0 Å². The molecule has 0 fully saturated rings. The van der Waals surface area contributed by atoms with E-state index in [0.717, 1.165) is 0 Å². The number of benzene rings is 1. The number of anilines is 1. The fourth-order valence-electron chi connectivity index (χ4n) is 4.80. The van der Waals surface area contributed by atoms with Crippen molar-refractivity contribution in [3.63, 3.8) is 0 Å². The summed E-state index contributed by atoms with van der Waals surface area (Å²) in [5.41, 5.74) is -9.11. The second kappa shape index (κ2) is 13.1. The Hall–Kier alpha value is -4.27. The molecule has 47 heavy (non-hydrogen) atoms. The summed E-state index contributed by atoms with van der Waals surface area (Å²) in [4.78, 5) is 30.3. The number of nitrogens with one attached hydrogen (secondary N) is 1. The van der Waals surface area contributed by atoms with Crippen molar-refractivity contribution in [3.8, 4) is 11.6 Å². The number of Topliss-reactive ketones (excluding diaryl/α,β-unsaturated/α-hetero) is 1. The first-order chi connectivity index (χ1) is 21.7. The van der Waals surface area contributed by atoms with E-state index in [-0.39, 0.29) is 19.3 Å². The average molecular weight is 669 g/mol. The molecule has 0 aliphatic carbocycles. The fourth-order valence-corrected chi connectivity index (χ4v) is 4.80. The molecule has 2 aromatic heterocycles. The minimum Gasteiger partial charge on any atom is -0.444 e. The molecule has 1 atom stereocenters. The third kappa shape index (κ3) is 8.18. The number of hydrogen-bond donors (Lipinski definition) is 1. The van der Waals surface area contributed by atoms with Gasteiger partial charge in [-0.2, -0.15) is 26.3 Å². The van der Waals surface area contributed by atoms with Gasteiger partial charge in [0, 0.05) is 5.41 Å². The first kappa shape index (κ1) is 35.6. The van der Waals surface area contributed by atoms with Crippen molar-refractivity contribution in [1.29, 1.82) is 0 Å². The lowest BCUT2D eigenvalue weighted by Crippen LogP contribution is -2.45. The Bertz CT molecular complexity index is 1630. The van der Waals surface area contributed by atoms with Gasteiger partial charge in [-0.15, -0.1) is 10.2 Å².